The lowest BCUT2D eigenvalue weighted by Crippen LogP contribution is -2.65. The van der Waals surface area contributed by atoms with Gasteiger partial charge in [-0.2, -0.15) is 13.2 Å². The molecule has 3 fully saturated rings. The zero-order valence-electron chi connectivity index (χ0n) is 17.0. The van der Waals surface area contributed by atoms with Crippen molar-refractivity contribution in [3.8, 4) is 0 Å². The van der Waals surface area contributed by atoms with Gasteiger partial charge in [-0.1, -0.05) is 13.8 Å². The number of aromatic nitrogens is 2. The summed E-state index contributed by atoms with van der Waals surface area (Å²) < 4.78 is 39.3. The summed E-state index contributed by atoms with van der Waals surface area (Å²) in [5.74, 6) is 1.49. The summed E-state index contributed by atoms with van der Waals surface area (Å²) in [4.78, 5) is 24.8. The highest BCUT2D eigenvalue weighted by atomic mass is 19.4. The molecule has 5 nitrogen and oxygen atoms in total. The van der Waals surface area contributed by atoms with Crippen molar-refractivity contribution in [3.05, 3.63) is 18.0 Å². The molecule has 160 valence electrons. The predicted octanol–water partition coefficient (Wildman–Crippen LogP) is 4.14. The first-order valence-electron chi connectivity index (χ1n) is 10.7. The largest absolute Gasteiger partial charge is 0.433 e. The summed E-state index contributed by atoms with van der Waals surface area (Å²) >= 11 is 0. The molecule has 0 radical (unpaired) electrons. The number of anilines is 1. The van der Waals surface area contributed by atoms with Gasteiger partial charge >= 0.3 is 6.18 Å². The minimum Gasteiger partial charge on any atom is -0.340 e. The van der Waals surface area contributed by atoms with Gasteiger partial charge in [0.05, 0.1) is 0 Å². The number of amides is 1. The van der Waals surface area contributed by atoms with Crippen LogP contribution in [0.3, 0.4) is 0 Å². The summed E-state index contributed by atoms with van der Waals surface area (Å²) in [7, 11) is 0. The summed E-state index contributed by atoms with van der Waals surface area (Å²) in [5, 5.41) is 0. The molecule has 3 saturated heterocycles. The zero-order valence-corrected chi connectivity index (χ0v) is 17.0. The Morgan fingerprint density at radius 1 is 1.24 bits per heavy atom. The Bertz CT molecular complexity index is 754. The third kappa shape index (κ3) is 4.08. The van der Waals surface area contributed by atoms with Gasteiger partial charge in [-0.15, -0.1) is 0 Å². The van der Waals surface area contributed by atoms with Crippen LogP contribution in [-0.4, -0.2) is 45.9 Å². The van der Waals surface area contributed by atoms with E-state index in [2.05, 4.69) is 28.7 Å². The van der Waals surface area contributed by atoms with Crippen molar-refractivity contribution in [1.29, 1.82) is 0 Å². The van der Waals surface area contributed by atoms with E-state index in [0.29, 0.717) is 25.4 Å². The highest BCUT2D eigenvalue weighted by molar-refractivity contribution is 5.78. The van der Waals surface area contributed by atoms with Gasteiger partial charge in [0.2, 0.25) is 11.9 Å². The molecule has 3 aliphatic rings. The van der Waals surface area contributed by atoms with E-state index in [1.165, 1.54) is 6.20 Å². The summed E-state index contributed by atoms with van der Waals surface area (Å²) in [6, 6.07) is 1.28. The molecule has 1 aromatic heterocycles. The first kappa shape index (κ1) is 20.4. The SMILES string of the molecule is CC(C)CC[C@H]1[C@H]2C[C@H](CN(c3nccc(C(F)(F)F)n3)C2)[C@@H]2CCCC(=O)N21. The van der Waals surface area contributed by atoms with E-state index in [4.69, 9.17) is 0 Å². The van der Waals surface area contributed by atoms with E-state index >= 15 is 0 Å². The number of nitrogens with zero attached hydrogens (tertiary/aromatic N) is 4. The van der Waals surface area contributed by atoms with Crippen LogP contribution in [0.25, 0.3) is 0 Å². The molecule has 0 spiro atoms. The molecule has 0 aromatic carbocycles. The second-order valence-electron chi connectivity index (χ2n) is 9.20. The summed E-state index contributed by atoms with van der Waals surface area (Å²) in [6.45, 7) is 5.59. The van der Waals surface area contributed by atoms with Gasteiger partial charge in [-0.3, -0.25) is 4.79 Å². The number of fused-ring (bicyclic) bond motifs is 4. The lowest BCUT2D eigenvalue weighted by atomic mass is 9.71. The minimum absolute atomic E-state index is 0.160. The highest BCUT2D eigenvalue weighted by Gasteiger charge is 2.49. The Hall–Kier alpha value is -1.86. The van der Waals surface area contributed by atoms with Crippen molar-refractivity contribution in [2.24, 2.45) is 17.8 Å². The maximum Gasteiger partial charge on any atom is 0.433 e. The Balaban J connectivity index is 1.61. The quantitative estimate of drug-likeness (QED) is 0.749. The van der Waals surface area contributed by atoms with Crippen LogP contribution in [0, 0.1) is 17.8 Å². The molecule has 0 saturated carbocycles. The molecule has 4 atom stereocenters. The lowest BCUT2D eigenvalue weighted by molar-refractivity contribution is -0.149. The number of halogens is 3. The second kappa shape index (κ2) is 7.76. The Morgan fingerprint density at radius 2 is 2.00 bits per heavy atom. The van der Waals surface area contributed by atoms with Crippen LogP contribution in [0.2, 0.25) is 0 Å². The molecular formula is C21H29F3N4O. The molecule has 29 heavy (non-hydrogen) atoms. The molecule has 0 unspecified atom stereocenters. The molecule has 4 heterocycles. The van der Waals surface area contributed by atoms with Gasteiger partial charge in [0.1, 0.15) is 5.69 Å². The Labute approximate surface area is 169 Å². The predicted molar refractivity (Wildman–Crippen MR) is 103 cm³/mol. The van der Waals surface area contributed by atoms with Crippen LogP contribution in [0.4, 0.5) is 19.1 Å². The lowest BCUT2D eigenvalue weighted by Gasteiger charge is -2.56. The van der Waals surface area contributed by atoms with E-state index in [-0.39, 0.29) is 35.8 Å². The first-order chi connectivity index (χ1) is 13.7. The fourth-order valence-electron chi connectivity index (χ4n) is 5.47. The van der Waals surface area contributed by atoms with E-state index in [1.807, 2.05) is 4.90 Å². The van der Waals surface area contributed by atoms with Crippen LogP contribution in [0.5, 0.6) is 0 Å². The molecule has 0 aliphatic carbocycles. The van der Waals surface area contributed by atoms with E-state index in [0.717, 1.165) is 38.2 Å². The zero-order chi connectivity index (χ0) is 20.8. The van der Waals surface area contributed by atoms with Crippen LogP contribution >= 0.6 is 0 Å². The van der Waals surface area contributed by atoms with Crippen molar-refractivity contribution in [1.82, 2.24) is 14.9 Å². The van der Waals surface area contributed by atoms with E-state index in [9.17, 15) is 18.0 Å². The summed E-state index contributed by atoms with van der Waals surface area (Å²) in [6.07, 6.45) is 2.26. The topological polar surface area (TPSA) is 49.3 Å². The van der Waals surface area contributed by atoms with E-state index in [1.54, 1.807) is 0 Å². The maximum absolute atomic E-state index is 13.1. The van der Waals surface area contributed by atoms with Gasteiger partial charge in [0.15, 0.2) is 0 Å². The monoisotopic (exact) mass is 410 g/mol. The van der Waals surface area contributed by atoms with Gasteiger partial charge in [0.25, 0.3) is 0 Å². The van der Waals surface area contributed by atoms with E-state index < -0.39 is 11.9 Å². The second-order valence-corrected chi connectivity index (χ2v) is 9.20. The van der Waals surface area contributed by atoms with Gasteiger partial charge in [0, 0.05) is 37.8 Å². The third-order valence-corrected chi connectivity index (χ3v) is 6.75. The number of hydrogen-bond acceptors (Lipinski definition) is 4. The van der Waals surface area contributed by atoms with Crippen LogP contribution in [0.1, 0.15) is 58.1 Å². The Kier molecular flexibility index (Phi) is 5.46. The third-order valence-electron chi connectivity index (χ3n) is 6.75. The highest BCUT2D eigenvalue weighted by Crippen LogP contribution is 2.43. The number of hydrogen-bond donors (Lipinski definition) is 0. The van der Waals surface area contributed by atoms with Crippen molar-refractivity contribution >= 4 is 11.9 Å². The minimum atomic E-state index is -4.48. The van der Waals surface area contributed by atoms with Gasteiger partial charge in [-0.05, 0) is 55.9 Å². The van der Waals surface area contributed by atoms with Crippen LogP contribution in [-0.2, 0) is 11.0 Å². The van der Waals surface area contributed by atoms with Crippen molar-refractivity contribution in [2.75, 3.05) is 18.0 Å². The van der Waals surface area contributed by atoms with Crippen LogP contribution < -0.4 is 4.90 Å². The van der Waals surface area contributed by atoms with Gasteiger partial charge < -0.3 is 9.80 Å². The standard InChI is InChI=1S/C21H29F3N4O/c1-13(2)6-7-17-15-10-14(16-4-3-5-19(29)28(16)17)11-27(12-15)20-25-9-8-18(26-20)21(22,23)24/h8-9,13-17H,3-7,10-12H2,1-2H3/t14-,15+,16+,17+/m1/s1. The molecule has 1 aromatic rings. The molecular weight excluding hydrogens is 381 g/mol. The summed E-state index contributed by atoms with van der Waals surface area (Å²) in [5.41, 5.74) is -0.899. The molecule has 1 amide bonds. The molecule has 0 N–H and O–H groups in total. The molecule has 3 aliphatic heterocycles. The number of rotatable bonds is 4. The number of alkyl halides is 3. The number of carbonyl (C=O) groups is 1. The smallest absolute Gasteiger partial charge is 0.340 e. The van der Waals surface area contributed by atoms with Crippen molar-refractivity contribution < 1.29 is 18.0 Å². The molecule has 8 heteroatoms. The Morgan fingerprint density at radius 3 is 2.72 bits per heavy atom. The number of carbonyl (C=O) groups excluding carboxylic acids is 1. The van der Waals surface area contributed by atoms with Crippen molar-refractivity contribution in [3.63, 3.8) is 0 Å². The number of piperidine rings is 3. The fraction of sp³-hybridized carbons (Fsp3) is 0.762. The average Bonchev–Trinajstić information content (AvgIpc) is 2.67. The normalized spacial score (nSPS) is 29.9. The molecule has 2 bridgehead atoms. The average molecular weight is 410 g/mol. The van der Waals surface area contributed by atoms with Crippen molar-refractivity contribution in [2.45, 2.75) is 70.6 Å². The first-order valence-corrected chi connectivity index (χ1v) is 10.7. The molecule has 4 rings (SSSR count). The maximum atomic E-state index is 13.1. The fourth-order valence-corrected chi connectivity index (χ4v) is 5.47. The van der Waals surface area contributed by atoms with Crippen LogP contribution in [0.15, 0.2) is 12.3 Å². The van der Waals surface area contributed by atoms with Gasteiger partial charge in [-0.25, -0.2) is 9.97 Å².